The van der Waals surface area contributed by atoms with Crippen molar-refractivity contribution in [3.8, 4) is 18.1 Å². The molecule has 17 heavy (non-hydrogen) atoms. The first-order valence-electron chi connectivity index (χ1n) is 5.50. The van der Waals surface area contributed by atoms with E-state index in [-0.39, 0.29) is 5.75 Å². The third-order valence-corrected chi connectivity index (χ3v) is 2.96. The number of phenolic OH excluding ortho intramolecular Hbond substituents is 1. The van der Waals surface area contributed by atoms with Gasteiger partial charge in [0, 0.05) is 5.41 Å². The highest BCUT2D eigenvalue weighted by molar-refractivity contribution is 5.40. The maximum atomic E-state index is 10.3. The molecule has 1 rings (SSSR count). The first-order valence-corrected chi connectivity index (χ1v) is 5.50. The second-order valence-electron chi connectivity index (χ2n) is 4.72. The maximum Gasteiger partial charge on any atom is 0.118 e. The quantitative estimate of drug-likeness (QED) is 0.784. The zero-order valence-corrected chi connectivity index (χ0v) is 10.4. The fourth-order valence-corrected chi connectivity index (χ4v) is 1.69. The molecular weight excluding hydrogens is 212 g/mol. The number of hydrogen-bond acceptors (Lipinski definition) is 2. The molecule has 1 aromatic carbocycles. The van der Waals surface area contributed by atoms with Crippen molar-refractivity contribution in [3.63, 3.8) is 0 Å². The van der Waals surface area contributed by atoms with Crippen LogP contribution in [0.25, 0.3) is 0 Å². The van der Waals surface area contributed by atoms with E-state index >= 15 is 0 Å². The molecule has 0 spiro atoms. The van der Waals surface area contributed by atoms with Gasteiger partial charge in [0.2, 0.25) is 0 Å². The lowest BCUT2D eigenvalue weighted by Crippen LogP contribution is -2.20. The van der Waals surface area contributed by atoms with Crippen molar-refractivity contribution >= 4 is 0 Å². The smallest absolute Gasteiger partial charge is 0.118 e. The summed E-state index contributed by atoms with van der Waals surface area (Å²) in [5.74, 6) is 2.61. The minimum absolute atomic E-state index is 0.193. The number of aromatic hydroxyl groups is 1. The van der Waals surface area contributed by atoms with Gasteiger partial charge in [-0.1, -0.05) is 38.0 Å². The summed E-state index contributed by atoms with van der Waals surface area (Å²) in [6, 6.07) is 5.14. The van der Waals surface area contributed by atoms with Crippen molar-refractivity contribution in [2.24, 2.45) is 5.41 Å². The maximum absolute atomic E-state index is 10.3. The van der Waals surface area contributed by atoms with E-state index in [1.54, 1.807) is 31.2 Å². The molecule has 0 heterocycles. The summed E-state index contributed by atoms with van der Waals surface area (Å²) < 4.78 is 0. The summed E-state index contributed by atoms with van der Waals surface area (Å²) in [5.41, 5.74) is 0.934. The predicted octanol–water partition coefficient (Wildman–Crippen LogP) is 2.95. The molecule has 0 bridgehead atoms. The number of benzene rings is 1. The van der Waals surface area contributed by atoms with E-state index in [1.807, 2.05) is 19.9 Å². The van der Waals surface area contributed by atoms with Crippen LogP contribution in [0.3, 0.4) is 0 Å². The molecular formula is C15H18O2. The first-order chi connectivity index (χ1) is 7.90. The van der Waals surface area contributed by atoms with Crippen LogP contribution in [-0.2, 0) is 0 Å². The zero-order chi connectivity index (χ0) is 13.1. The van der Waals surface area contributed by atoms with Crippen LogP contribution in [0.15, 0.2) is 30.4 Å². The average Bonchev–Trinajstić information content (AvgIpc) is 2.29. The summed E-state index contributed by atoms with van der Waals surface area (Å²) in [4.78, 5) is 0. The molecule has 0 radical (unpaired) electrons. The summed E-state index contributed by atoms with van der Waals surface area (Å²) in [6.07, 6.45) is 7.84. The summed E-state index contributed by atoms with van der Waals surface area (Å²) >= 11 is 0. The molecule has 2 nitrogen and oxygen atoms in total. The van der Waals surface area contributed by atoms with Gasteiger partial charge in [0.05, 0.1) is 6.10 Å². The van der Waals surface area contributed by atoms with Gasteiger partial charge in [0.1, 0.15) is 5.75 Å². The Balaban J connectivity index is 3.13. The van der Waals surface area contributed by atoms with E-state index in [2.05, 4.69) is 5.92 Å². The molecule has 0 amide bonds. The Morgan fingerprint density at radius 3 is 2.65 bits per heavy atom. The Morgan fingerprint density at radius 1 is 1.41 bits per heavy atom. The van der Waals surface area contributed by atoms with Crippen LogP contribution in [0.2, 0.25) is 0 Å². The third-order valence-electron chi connectivity index (χ3n) is 2.96. The molecule has 0 saturated carbocycles. The average molecular weight is 230 g/mol. The summed E-state index contributed by atoms with van der Waals surface area (Å²) in [5, 5.41) is 20.0. The van der Waals surface area contributed by atoms with Crippen LogP contribution < -0.4 is 0 Å². The van der Waals surface area contributed by atoms with Gasteiger partial charge in [-0.25, -0.2) is 0 Å². The Kier molecular flexibility index (Phi) is 3.98. The number of rotatable bonds is 3. The lowest BCUT2D eigenvalue weighted by molar-refractivity contribution is 0.0812. The standard InChI is InChI=1S/C15H18O2/c1-5-6-10-15(3,4)14(17)12-8-7-9-13(16)11(12)2/h1,6-10,14,16-17H,2-4H3/b10-6+/t14-/m1/s1. The predicted molar refractivity (Wildman–Crippen MR) is 69.6 cm³/mol. The summed E-state index contributed by atoms with van der Waals surface area (Å²) in [6.45, 7) is 5.58. The normalized spacial score (nSPS) is 13.6. The first kappa shape index (κ1) is 13.3. The van der Waals surface area contributed by atoms with E-state index < -0.39 is 11.5 Å². The molecule has 0 aromatic heterocycles. The van der Waals surface area contributed by atoms with Crippen molar-refractivity contribution < 1.29 is 10.2 Å². The molecule has 0 aliphatic carbocycles. The van der Waals surface area contributed by atoms with Crippen molar-refractivity contribution in [1.82, 2.24) is 0 Å². The minimum atomic E-state index is -0.709. The van der Waals surface area contributed by atoms with Gasteiger partial charge >= 0.3 is 0 Å². The van der Waals surface area contributed by atoms with Crippen LogP contribution in [0, 0.1) is 24.7 Å². The van der Waals surface area contributed by atoms with Gasteiger partial charge < -0.3 is 10.2 Å². The van der Waals surface area contributed by atoms with Crippen LogP contribution in [-0.4, -0.2) is 10.2 Å². The number of allylic oxidation sites excluding steroid dienone is 1. The highest BCUT2D eigenvalue weighted by Crippen LogP contribution is 2.37. The minimum Gasteiger partial charge on any atom is -0.508 e. The Labute approximate surface area is 103 Å². The number of aliphatic hydroxyl groups excluding tert-OH is 1. The van der Waals surface area contributed by atoms with Crippen molar-refractivity contribution in [3.05, 3.63) is 41.5 Å². The highest BCUT2D eigenvalue weighted by Gasteiger charge is 2.27. The van der Waals surface area contributed by atoms with E-state index in [1.165, 1.54) is 0 Å². The third kappa shape index (κ3) is 2.89. The molecule has 0 saturated heterocycles. The molecule has 0 aliphatic heterocycles. The van der Waals surface area contributed by atoms with Crippen LogP contribution >= 0.6 is 0 Å². The molecule has 2 N–H and O–H groups in total. The monoisotopic (exact) mass is 230 g/mol. The van der Waals surface area contributed by atoms with E-state index in [0.29, 0.717) is 5.56 Å². The zero-order valence-electron chi connectivity index (χ0n) is 10.4. The van der Waals surface area contributed by atoms with Crippen molar-refractivity contribution in [1.29, 1.82) is 0 Å². The second kappa shape index (κ2) is 5.07. The Hall–Kier alpha value is -1.72. The lowest BCUT2D eigenvalue weighted by Gasteiger charge is -2.28. The second-order valence-corrected chi connectivity index (χ2v) is 4.72. The highest BCUT2D eigenvalue weighted by atomic mass is 16.3. The van der Waals surface area contributed by atoms with E-state index in [0.717, 1.165) is 5.56 Å². The van der Waals surface area contributed by atoms with Gasteiger partial charge in [0.15, 0.2) is 0 Å². The number of terminal acetylenes is 1. The van der Waals surface area contributed by atoms with Crippen molar-refractivity contribution in [2.45, 2.75) is 26.9 Å². The van der Waals surface area contributed by atoms with Gasteiger partial charge in [-0.05, 0) is 30.2 Å². The van der Waals surface area contributed by atoms with Gasteiger partial charge in [-0.2, -0.15) is 0 Å². The fourth-order valence-electron chi connectivity index (χ4n) is 1.69. The van der Waals surface area contributed by atoms with Gasteiger partial charge in [-0.3, -0.25) is 0 Å². The van der Waals surface area contributed by atoms with Gasteiger partial charge in [-0.15, -0.1) is 6.42 Å². The Morgan fingerprint density at radius 2 is 2.06 bits per heavy atom. The SMILES string of the molecule is C#C/C=C/C(C)(C)[C@H](O)c1cccc(O)c1C. The molecule has 0 unspecified atom stereocenters. The van der Waals surface area contributed by atoms with Crippen LogP contribution in [0.5, 0.6) is 5.75 Å². The lowest BCUT2D eigenvalue weighted by atomic mass is 9.81. The topological polar surface area (TPSA) is 40.5 Å². The summed E-state index contributed by atoms with van der Waals surface area (Å²) in [7, 11) is 0. The molecule has 90 valence electrons. The Bertz CT molecular complexity index is 464. The number of aliphatic hydroxyl groups is 1. The van der Waals surface area contributed by atoms with Crippen LogP contribution in [0.1, 0.15) is 31.1 Å². The molecule has 0 aliphatic rings. The van der Waals surface area contributed by atoms with E-state index in [4.69, 9.17) is 6.42 Å². The molecule has 1 aromatic rings. The number of phenols is 1. The van der Waals surface area contributed by atoms with Crippen LogP contribution in [0.4, 0.5) is 0 Å². The van der Waals surface area contributed by atoms with Crippen molar-refractivity contribution in [2.75, 3.05) is 0 Å². The fraction of sp³-hybridized carbons (Fsp3) is 0.333. The molecule has 0 fully saturated rings. The molecule has 2 heteroatoms. The largest absolute Gasteiger partial charge is 0.508 e. The number of hydrogen-bond donors (Lipinski definition) is 2. The van der Waals surface area contributed by atoms with E-state index in [9.17, 15) is 10.2 Å². The molecule has 1 atom stereocenters. The van der Waals surface area contributed by atoms with Gasteiger partial charge in [0.25, 0.3) is 0 Å².